The average Bonchev–Trinajstić information content (AvgIpc) is 3.07. The molecule has 3 aromatic rings. The minimum atomic E-state index is -4.61. The lowest BCUT2D eigenvalue weighted by molar-refractivity contribution is -0.137. The second kappa shape index (κ2) is 7.53. The van der Waals surface area contributed by atoms with Crippen LogP contribution >= 0.6 is 0 Å². The van der Waals surface area contributed by atoms with E-state index in [9.17, 15) is 18.0 Å². The largest absolute Gasteiger partial charge is 0.417 e. The number of halogens is 3. The van der Waals surface area contributed by atoms with Crippen LogP contribution in [0.4, 0.5) is 24.5 Å². The van der Waals surface area contributed by atoms with Gasteiger partial charge in [0.15, 0.2) is 0 Å². The minimum absolute atomic E-state index is 0.130. The molecule has 0 bridgehead atoms. The van der Waals surface area contributed by atoms with Crippen LogP contribution in [-0.4, -0.2) is 32.2 Å². The summed E-state index contributed by atoms with van der Waals surface area (Å²) in [5, 5.41) is 11.5. The zero-order valence-corrected chi connectivity index (χ0v) is 16.0. The molecule has 1 aromatic heterocycles. The Morgan fingerprint density at radius 2 is 1.79 bits per heavy atom. The summed E-state index contributed by atoms with van der Waals surface area (Å²) in [5.41, 5.74) is 5.42. The first-order valence-electron chi connectivity index (χ1n) is 8.73. The fourth-order valence-electron chi connectivity index (χ4n) is 3.10. The standard InChI is InChI=1S/C19H19F3N6O/c1-11(2)28(13-9-7-12(8-10-13)17(23)29)15-6-4-5-14(19(20,21)22)16(15)18-24-26-27(3)25-18/h4-11H,1-3H3,(H2,23,29). The molecule has 2 N–H and O–H groups in total. The molecule has 152 valence electrons. The van der Waals surface area contributed by atoms with Crippen molar-refractivity contribution < 1.29 is 18.0 Å². The Morgan fingerprint density at radius 3 is 2.28 bits per heavy atom. The van der Waals surface area contributed by atoms with Crippen LogP contribution in [0, 0.1) is 0 Å². The first-order chi connectivity index (χ1) is 13.6. The highest BCUT2D eigenvalue weighted by Gasteiger charge is 2.37. The van der Waals surface area contributed by atoms with Crippen molar-refractivity contribution in [3.8, 4) is 11.4 Å². The highest BCUT2D eigenvalue weighted by molar-refractivity contribution is 5.93. The molecule has 2 aromatic carbocycles. The second-order valence-corrected chi connectivity index (χ2v) is 6.67. The zero-order valence-electron chi connectivity index (χ0n) is 16.0. The van der Waals surface area contributed by atoms with Crippen LogP contribution in [0.2, 0.25) is 0 Å². The van der Waals surface area contributed by atoms with Crippen LogP contribution in [0.3, 0.4) is 0 Å². The summed E-state index contributed by atoms with van der Waals surface area (Å²) in [4.78, 5) is 14.2. The number of anilines is 2. The number of carbonyl (C=O) groups is 1. The van der Waals surface area contributed by atoms with Crippen LogP contribution in [-0.2, 0) is 13.2 Å². The van der Waals surface area contributed by atoms with E-state index in [1.165, 1.54) is 25.2 Å². The van der Waals surface area contributed by atoms with Gasteiger partial charge in [0.2, 0.25) is 11.7 Å². The fourth-order valence-corrected chi connectivity index (χ4v) is 3.10. The number of nitrogens with two attached hydrogens (primary N) is 1. The van der Waals surface area contributed by atoms with Crippen molar-refractivity contribution in [1.29, 1.82) is 0 Å². The van der Waals surface area contributed by atoms with Crippen LogP contribution in [0.15, 0.2) is 42.5 Å². The molecule has 0 saturated heterocycles. The number of aryl methyl sites for hydroxylation is 1. The Hall–Kier alpha value is -3.43. The van der Waals surface area contributed by atoms with Gasteiger partial charge in [-0.1, -0.05) is 6.07 Å². The van der Waals surface area contributed by atoms with E-state index in [0.29, 0.717) is 11.3 Å². The maximum Gasteiger partial charge on any atom is 0.417 e. The van der Waals surface area contributed by atoms with Gasteiger partial charge < -0.3 is 10.6 Å². The van der Waals surface area contributed by atoms with E-state index >= 15 is 0 Å². The highest BCUT2D eigenvalue weighted by atomic mass is 19.4. The fraction of sp³-hybridized carbons (Fsp3) is 0.263. The van der Waals surface area contributed by atoms with Gasteiger partial charge in [-0.25, -0.2) is 0 Å². The van der Waals surface area contributed by atoms with E-state index in [-0.39, 0.29) is 23.1 Å². The summed E-state index contributed by atoms with van der Waals surface area (Å²) in [6.07, 6.45) is -4.61. The third kappa shape index (κ3) is 4.05. The minimum Gasteiger partial charge on any atom is -0.366 e. The van der Waals surface area contributed by atoms with Gasteiger partial charge in [-0.2, -0.15) is 18.0 Å². The Bertz CT molecular complexity index is 1030. The quantitative estimate of drug-likeness (QED) is 0.703. The maximum absolute atomic E-state index is 13.8. The number of aromatic nitrogens is 4. The number of amides is 1. The van der Waals surface area contributed by atoms with Gasteiger partial charge in [-0.3, -0.25) is 4.79 Å². The third-order valence-corrected chi connectivity index (χ3v) is 4.29. The second-order valence-electron chi connectivity index (χ2n) is 6.67. The lowest BCUT2D eigenvalue weighted by Gasteiger charge is -2.31. The van der Waals surface area contributed by atoms with Crippen LogP contribution < -0.4 is 10.6 Å². The molecule has 10 heteroatoms. The van der Waals surface area contributed by atoms with Gasteiger partial charge in [0.05, 0.1) is 23.9 Å². The molecule has 29 heavy (non-hydrogen) atoms. The molecule has 0 radical (unpaired) electrons. The van der Waals surface area contributed by atoms with Crippen molar-refractivity contribution in [1.82, 2.24) is 20.2 Å². The summed E-state index contributed by atoms with van der Waals surface area (Å²) in [6, 6.07) is 10.0. The number of carbonyl (C=O) groups excluding carboxylic acids is 1. The summed E-state index contributed by atoms with van der Waals surface area (Å²) in [7, 11) is 1.48. The van der Waals surface area contributed by atoms with Crippen LogP contribution in [0.5, 0.6) is 0 Å². The lowest BCUT2D eigenvalue weighted by Crippen LogP contribution is -2.27. The van der Waals surface area contributed by atoms with E-state index in [2.05, 4.69) is 15.4 Å². The molecule has 0 aliphatic heterocycles. The van der Waals surface area contributed by atoms with Gasteiger partial charge in [-0.05, 0) is 55.5 Å². The molecule has 1 amide bonds. The van der Waals surface area contributed by atoms with Gasteiger partial charge in [0.1, 0.15) is 0 Å². The molecule has 0 unspecified atom stereocenters. The van der Waals surface area contributed by atoms with E-state index < -0.39 is 17.6 Å². The summed E-state index contributed by atoms with van der Waals surface area (Å²) >= 11 is 0. The van der Waals surface area contributed by atoms with E-state index in [1.54, 1.807) is 23.1 Å². The summed E-state index contributed by atoms with van der Waals surface area (Å²) in [5.74, 6) is -0.717. The molecule has 0 fully saturated rings. The molecule has 0 atom stereocenters. The lowest BCUT2D eigenvalue weighted by atomic mass is 10.0. The normalized spacial score (nSPS) is 11.7. The van der Waals surface area contributed by atoms with Gasteiger partial charge in [0.25, 0.3) is 0 Å². The number of tetrazole rings is 1. The Balaban J connectivity index is 2.25. The number of hydrogen-bond acceptors (Lipinski definition) is 5. The summed E-state index contributed by atoms with van der Waals surface area (Å²) < 4.78 is 41.3. The van der Waals surface area contributed by atoms with Crippen molar-refractivity contribution in [2.75, 3.05) is 4.90 Å². The van der Waals surface area contributed by atoms with Crippen LogP contribution in [0.25, 0.3) is 11.4 Å². The third-order valence-electron chi connectivity index (χ3n) is 4.29. The Kier molecular flexibility index (Phi) is 5.27. The van der Waals surface area contributed by atoms with E-state index in [0.717, 1.165) is 10.9 Å². The number of alkyl halides is 3. The van der Waals surface area contributed by atoms with Crippen LogP contribution in [0.1, 0.15) is 29.8 Å². The highest BCUT2D eigenvalue weighted by Crippen LogP contribution is 2.43. The molecule has 0 spiro atoms. The van der Waals surface area contributed by atoms with E-state index in [4.69, 9.17) is 5.73 Å². The smallest absolute Gasteiger partial charge is 0.366 e. The SMILES string of the molecule is CC(C)N(c1ccc(C(N)=O)cc1)c1cccc(C(F)(F)F)c1-c1nnn(C)n1. The molecule has 7 nitrogen and oxygen atoms in total. The first-order valence-corrected chi connectivity index (χ1v) is 8.73. The molecular formula is C19H19F3N6O. The molecule has 0 aliphatic carbocycles. The van der Waals surface area contributed by atoms with Crippen molar-refractivity contribution >= 4 is 17.3 Å². The zero-order chi connectivity index (χ0) is 21.3. The molecule has 0 saturated carbocycles. The molecule has 1 heterocycles. The van der Waals surface area contributed by atoms with Gasteiger partial charge in [0, 0.05) is 17.3 Å². The van der Waals surface area contributed by atoms with Crippen molar-refractivity contribution in [3.05, 3.63) is 53.6 Å². The predicted octanol–water partition coefficient (Wildman–Crippen LogP) is 3.54. The Labute approximate surface area is 164 Å². The average molecular weight is 404 g/mol. The maximum atomic E-state index is 13.8. The van der Waals surface area contributed by atoms with Crippen molar-refractivity contribution in [2.24, 2.45) is 12.8 Å². The first kappa shape index (κ1) is 20.3. The predicted molar refractivity (Wildman–Crippen MR) is 101 cm³/mol. The molecule has 3 rings (SSSR count). The molecule has 0 aliphatic rings. The van der Waals surface area contributed by atoms with Gasteiger partial charge >= 0.3 is 6.18 Å². The topological polar surface area (TPSA) is 89.9 Å². The number of hydrogen-bond donors (Lipinski definition) is 1. The monoisotopic (exact) mass is 404 g/mol. The number of primary amides is 1. The van der Waals surface area contributed by atoms with E-state index in [1.807, 2.05) is 13.8 Å². The Morgan fingerprint density at radius 1 is 1.14 bits per heavy atom. The summed E-state index contributed by atoms with van der Waals surface area (Å²) in [6.45, 7) is 3.69. The molecular weight excluding hydrogens is 385 g/mol. The van der Waals surface area contributed by atoms with Crippen molar-refractivity contribution in [3.63, 3.8) is 0 Å². The number of benzene rings is 2. The number of rotatable bonds is 5. The number of nitrogens with zero attached hydrogens (tertiary/aromatic N) is 5. The van der Waals surface area contributed by atoms with Crippen molar-refractivity contribution in [2.45, 2.75) is 26.1 Å². The van der Waals surface area contributed by atoms with Gasteiger partial charge in [-0.15, -0.1) is 10.2 Å².